The average molecular weight is 422 g/mol. The van der Waals surface area contributed by atoms with Crippen molar-refractivity contribution in [2.45, 2.75) is 63.7 Å². The van der Waals surface area contributed by atoms with E-state index in [4.69, 9.17) is 4.74 Å². The van der Waals surface area contributed by atoms with Crippen LogP contribution < -0.4 is 15.4 Å². The highest BCUT2D eigenvalue weighted by molar-refractivity contribution is 5.98. The SMILES string of the molecule is COc1cc(NC(C)=O)ccc1C(=O)NC1CC2CCCC(C1)N2Cc1ccccc1. The van der Waals surface area contributed by atoms with Crippen molar-refractivity contribution >= 4 is 17.5 Å². The van der Waals surface area contributed by atoms with Gasteiger partial charge in [-0.3, -0.25) is 14.5 Å². The summed E-state index contributed by atoms with van der Waals surface area (Å²) in [5.74, 6) is 0.185. The van der Waals surface area contributed by atoms with E-state index in [0.29, 0.717) is 29.1 Å². The second-order valence-electron chi connectivity index (χ2n) is 8.63. The number of piperidine rings is 2. The summed E-state index contributed by atoms with van der Waals surface area (Å²) >= 11 is 0. The summed E-state index contributed by atoms with van der Waals surface area (Å²) in [6, 6.07) is 16.9. The van der Waals surface area contributed by atoms with Crippen LogP contribution in [-0.4, -0.2) is 41.9 Å². The molecule has 6 nitrogen and oxygen atoms in total. The molecule has 0 spiro atoms. The molecule has 0 aromatic heterocycles. The normalized spacial score (nSPS) is 23.1. The molecule has 2 unspecified atom stereocenters. The lowest BCUT2D eigenvalue weighted by Gasteiger charge is -2.49. The Hall–Kier alpha value is -2.86. The van der Waals surface area contributed by atoms with Crippen LogP contribution in [0.15, 0.2) is 48.5 Å². The molecule has 2 amide bonds. The minimum atomic E-state index is -0.159. The number of methoxy groups -OCH3 is 1. The van der Waals surface area contributed by atoms with Crippen molar-refractivity contribution in [2.24, 2.45) is 0 Å². The highest BCUT2D eigenvalue weighted by Gasteiger charge is 2.38. The second kappa shape index (κ2) is 9.52. The summed E-state index contributed by atoms with van der Waals surface area (Å²) in [5, 5.41) is 5.97. The Bertz CT molecular complexity index is 917. The van der Waals surface area contributed by atoms with E-state index in [-0.39, 0.29) is 17.9 Å². The van der Waals surface area contributed by atoms with Crippen LogP contribution in [0.4, 0.5) is 5.69 Å². The smallest absolute Gasteiger partial charge is 0.255 e. The first-order valence-corrected chi connectivity index (χ1v) is 11.1. The lowest BCUT2D eigenvalue weighted by molar-refractivity contribution is -0.114. The Morgan fingerprint density at radius 1 is 1.06 bits per heavy atom. The quantitative estimate of drug-likeness (QED) is 0.740. The summed E-state index contributed by atoms with van der Waals surface area (Å²) in [4.78, 5) is 27.0. The molecule has 2 fully saturated rings. The summed E-state index contributed by atoms with van der Waals surface area (Å²) in [5.41, 5.74) is 2.46. The fraction of sp³-hybridized carbons (Fsp3) is 0.440. The third kappa shape index (κ3) is 5.07. The molecule has 2 bridgehead atoms. The Kier molecular flexibility index (Phi) is 6.56. The van der Waals surface area contributed by atoms with Gasteiger partial charge in [0.2, 0.25) is 5.91 Å². The first-order valence-electron chi connectivity index (χ1n) is 11.1. The lowest BCUT2D eigenvalue weighted by Crippen LogP contribution is -2.56. The number of benzene rings is 2. The van der Waals surface area contributed by atoms with Gasteiger partial charge in [0.25, 0.3) is 5.91 Å². The number of hydrogen-bond acceptors (Lipinski definition) is 4. The highest BCUT2D eigenvalue weighted by Crippen LogP contribution is 2.35. The van der Waals surface area contributed by atoms with Crippen LogP contribution in [0.2, 0.25) is 0 Å². The monoisotopic (exact) mass is 421 g/mol. The number of rotatable bonds is 6. The van der Waals surface area contributed by atoms with E-state index in [1.807, 2.05) is 0 Å². The molecule has 2 N–H and O–H groups in total. The summed E-state index contributed by atoms with van der Waals surface area (Å²) in [7, 11) is 1.54. The molecule has 2 aromatic carbocycles. The molecule has 0 saturated carbocycles. The molecule has 2 aliphatic rings. The van der Waals surface area contributed by atoms with E-state index in [1.165, 1.54) is 38.9 Å². The maximum atomic E-state index is 13.0. The van der Waals surface area contributed by atoms with Gasteiger partial charge in [0.15, 0.2) is 0 Å². The Balaban J connectivity index is 1.42. The maximum absolute atomic E-state index is 13.0. The van der Waals surface area contributed by atoms with E-state index >= 15 is 0 Å². The minimum Gasteiger partial charge on any atom is -0.496 e. The van der Waals surface area contributed by atoms with Gasteiger partial charge in [-0.15, -0.1) is 0 Å². The van der Waals surface area contributed by atoms with Crippen LogP contribution in [-0.2, 0) is 11.3 Å². The molecular weight excluding hydrogens is 390 g/mol. The number of fused-ring (bicyclic) bond motifs is 2. The third-order valence-electron chi connectivity index (χ3n) is 6.44. The number of amides is 2. The molecule has 31 heavy (non-hydrogen) atoms. The predicted octanol–water partition coefficient (Wildman–Crippen LogP) is 3.97. The van der Waals surface area contributed by atoms with Crippen LogP contribution in [0.5, 0.6) is 5.75 Å². The molecule has 2 aliphatic heterocycles. The Morgan fingerprint density at radius 2 is 1.77 bits per heavy atom. The van der Waals surface area contributed by atoms with Gasteiger partial charge in [-0.25, -0.2) is 0 Å². The van der Waals surface area contributed by atoms with Crippen molar-refractivity contribution in [1.29, 1.82) is 0 Å². The van der Waals surface area contributed by atoms with Crippen molar-refractivity contribution in [3.63, 3.8) is 0 Å². The van der Waals surface area contributed by atoms with E-state index in [1.54, 1.807) is 18.2 Å². The van der Waals surface area contributed by atoms with Gasteiger partial charge in [0, 0.05) is 43.3 Å². The standard InChI is InChI=1S/C25H31N3O3/c1-17(29)26-19-11-12-23(24(15-19)31-2)25(30)27-20-13-21-9-6-10-22(14-20)28(21)16-18-7-4-3-5-8-18/h3-5,7-8,11-12,15,20-22H,6,9-10,13-14,16H2,1-2H3,(H,26,29)(H,27,30). The van der Waals surface area contributed by atoms with Gasteiger partial charge in [-0.1, -0.05) is 36.8 Å². The number of carbonyl (C=O) groups excluding carboxylic acids is 2. The van der Waals surface area contributed by atoms with E-state index in [2.05, 4.69) is 45.9 Å². The van der Waals surface area contributed by atoms with Crippen molar-refractivity contribution in [3.8, 4) is 5.75 Å². The molecule has 0 aliphatic carbocycles. The van der Waals surface area contributed by atoms with Crippen LogP contribution in [0.1, 0.15) is 54.9 Å². The minimum absolute atomic E-state index is 0.120. The molecular formula is C25H31N3O3. The third-order valence-corrected chi connectivity index (χ3v) is 6.44. The average Bonchev–Trinajstić information content (AvgIpc) is 2.74. The zero-order chi connectivity index (χ0) is 21.8. The van der Waals surface area contributed by atoms with Gasteiger partial charge in [0.1, 0.15) is 5.75 Å². The fourth-order valence-corrected chi connectivity index (χ4v) is 5.07. The van der Waals surface area contributed by atoms with Crippen LogP contribution in [0.25, 0.3) is 0 Å². The maximum Gasteiger partial charge on any atom is 0.255 e. The van der Waals surface area contributed by atoms with Gasteiger partial charge in [-0.2, -0.15) is 0 Å². The van der Waals surface area contributed by atoms with Crippen molar-refractivity contribution in [2.75, 3.05) is 12.4 Å². The lowest BCUT2D eigenvalue weighted by atomic mass is 9.81. The van der Waals surface area contributed by atoms with Gasteiger partial charge < -0.3 is 15.4 Å². The number of ether oxygens (including phenoxy) is 1. The van der Waals surface area contributed by atoms with Gasteiger partial charge >= 0.3 is 0 Å². The number of hydrogen-bond donors (Lipinski definition) is 2. The van der Waals surface area contributed by atoms with Crippen molar-refractivity contribution < 1.29 is 14.3 Å². The van der Waals surface area contributed by atoms with E-state index < -0.39 is 0 Å². The molecule has 6 heteroatoms. The summed E-state index contributed by atoms with van der Waals surface area (Å²) < 4.78 is 5.42. The van der Waals surface area contributed by atoms with Crippen molar-refractivity contribution in [1.82, 2.24) is 10.2 Å². The molecule has 2 atom stereocenters. The van der Waals surface area contributed by atoms with Crippen LogP contribution in [0, 0.1) is 0 Å². The predicted molar refractivity (Wildman–Crippen MR) is 121 cm³/mol. The van der Waals surface area contributed by atoms with Crippen LogP contribution in [0.3, 0.4) is 0 Å². The number of nitrogens with zero attached hydrogens (tertiary/aromatic N) is 1. The number of carbonyl (C=O) groups is 2. The van der Waals surface area contributed by atoms with Crippen molar-refractivity contribution in [3.05, 3.63) is 59.7 Å². The zero-order valence-electron chi connectivity index (χ0n) is 18.3. The zero-order valence-corrected chi connectivity index (χ0v) is 18.3. The molecule has 0 radical (unpaired) electrons. The van der Waals surface area contributed by atoms with Gasteiger partial charge in [-0.05, 0) is 43.4 Å². The highest BCUT2D eigenvalue weighted by atomic mass is 16.5. The van der Waals surface area contributed by atoms with Crippen LogP contribution >= 0.6 is 0 Å². The Labute approximate surface area is 184 Å². The fourth-order valence-electron chi connectivity index (χ4n) is 5.07. The van der Waals surface area contributed by atoms with E-state index in [0.717, 1.165) is 19.4 Å². The second-order valence-corrected chi connectivity index (χ2v) is 8.63. The molecule has 2 saturated heterocycles. The molecule has 4 rings (SSSR count). The summed E-state index contributed by atoms with van der Waals surface area (Å²) in [6.07, 6.45) is 5.58. The largest absolute Gasteiger partial charge is 0.496 e. The molecule has 2 heterocycles. The summed E-state index contributed by atoms with van der Waals surface area (Å²) in [6.45, 7) is 2.43. The first-order chi connectivity index (χ1) is 15.0. The molecule has 164 valence electrons. The topological polar surface area (TPSA) is 70.7 Å². The Morgan fingerprint density at radius 3 is 2.42 bits per heavy atom. The number of nitrogens with one attached hydrogen (secondary N) is 2. The number of anilines is 1. The molecule has 2 aromatic rings. The van der Waals surface area contributed by atoms with E-state index in [9.17, 15) is 9.59 Å². The van der Waals surface area contributed by atoms with Gasteiger partial charge in [0.05, 0.1) is 12.7 Å². The first kappa shape index (κ1) is 21.4.